The zero-order valence-corrected chi connectivity index (χ0v) is 12.4. The molecular weight excluding hydrogens is 302 g/mol. The van der Waals surface area contributed by atoms with Gasteiger partial charge in [-0.1, -0.05) is 25.1 Å². The summed E-state index contributed by atoms with van der Waals surface area (Å²) in [7, 11) is 0. The number of benzene rings is 1. The van der Waals surface area contributed by atoms with Crippen molar-refractivity contribution in [3.05, 3.63) is 56.1 Å². The van der Waals surface area contributed by atoms with E-state index in [0.29, 0.717) is 6.61 Å². The summed E-state index contributed by atoms with van der Waals surface area (Å²) in [6.45, 7) is 2.66. The lowest BCUT2D eigenvalue weighted by Crippen LogP contribution is -2.14. The van der Waals surface area contributed by atoms with E-state index in [0.717, 1.165) is 17.7 Å². The zero-order chi connectivity index (χ0) is 16.8. The molecule has 8 heteroatoms. The minimum absolute atomic E-state index is 0.0180. The van der Waals surface area contributed by atoms with Crippen LogP contribution in [0.15, 0.2) is 29.1 Å². The Hall–Kier alpha value is -3.16. The van der Waals surface area contributed by atoms with Crippen LogP contribution in [0.25, 0.3) is 12.2 Å². The van der Waals surface area contributed by atoms with Crippen LogP contribution in [0.1, 0.15) is 24.7 Å². The summed E-state index contributed by atoms with van der Waals surface area (Å²) in [5.41, 5.74) is -1.17. The lowest BCUT2D eigenvalue weighted by atomic mass is 10.2. The summed E-state index contributed by atoms with van der Waals surface area (Å²) in [6.07, 6.45) is 4.00. The largest absolute Gasteiger partial charge is 0.494 e. The Morgan fingerprint density at radius 2 is 2.04 bits per heavy atom. The van der Waals surface area contributed by atoms with E-state index < -0.39 is 22.0 Å². The maximum absolute atomic E-state index is 11.5. The molecule has 0 aliphatic heterocycles. The third-order valence-corrected chi connectivity index (χ3v) is 2.86. The van der Waals surface area contributed by atoms with Crippen LogP contribution in [-0.4, -0.2) is 26.6 Å². The molecule has 0 unspecified atom stereocenters. The molecule has 0 bridgehead atoms. The smallest absolute Gasteiger partial charge is 0.395 e. The lowest BCUT2D eigenvalue weighted by Gasteiger charge is -2.04. The van der Waals surface area contributed by atoms with Gasteiger partial charge in [0.05, 0.1) is 11.5 Å². The van der Waals surface area contributed by atoms with Crippen LogP contribution in [0.4, 0.5) is 5.69 Å². The van der Waals surface area contributed by atoms with Gasteiger partial charge in [0.2, 0.25) is 0 Å². The molecule has 0 radical (unpaired) electrons. The third kappa shape index (κ3) is 4.16. The molecule has 120 valence electrons. The molecule has 0 atom stereocenters. The summed E-state index contributed by atoms with van der Waals surface area (Å²) >= 11 is 0. The monoisotopic (exact) mass is 317 g/mol. The lowest BCUT2D eigenvalue weighted by molar-refractivity contribution is -0.387. The number of nitrogens with zero attached hydrogens (tertiary/aromatic N) is 2. The molecule has 0 aliphatic rings. The van der Waals surface area contributed by atoms with Crippen LogP contribution in [0.3, 0.4) is 0 Å². The van der Waals surface area contributed by atoms with Gasteiger partial charge in [-0.3, -0.25) is 14.9 Å². The van der Waals surface area contributed by atoms with Gasteiger partial charge in [0.1, 0.15) is 11.6 Å². The summed E-state index contributed by atoms with van der Waals surface area (Å²) < 4.78 is 5.46. The Bertz CT molecular complexity index is 781. The van der Waals surface area contributed by atoms with Gasteiger partial charge < -0.3 is 14.8 Å². The van der Waals surface area contributed by atoms with Gasteiger partial charge in [0.15, 0.2) is 0 Å². The molecule has 0 saturated heterocycles. The molecule has 1 heterocycles. The van der Waals surface area contributed by atoms with Crippen LogP contribution in [0, 0.1) is 10.1 Å². The van der Waals surface area contributed by atoms with E-state index in [-0.39, 0.29) is 5.82 Å². The van der Waals surface area contributed by atoms with Gasteiger partial charge in [-0.2, -0.15) is 4.98 Å². The van der Waals surface area contributed by atoms with Crippen LogP contribution in [-0.2, 0) is 0 Å². The Kier molecular flexibility index (Phi) is 5.08. The number of aromatic amines is 1. The molecule has 0 saturated carbocycles. The minimum atomic E-state index is -1.01. The molecule has 0 spiro atoms. The fourth-order valence-electron chi connectivity index (χ4n) is 1.79. The fourth-order valence-corrected chi connectivity index (χ4v) is 1.79. The highest BCUT2D eigenvalue weighted by molar-refractivity contribution is 5.67. The summed E-state index contributed by atoms with van der Waals surface area (Å²) in [6, 6.07) is 7.23. The molecule has 8 nitrogen and oxygen atoms in total. The first kappa shape index (κ1) is 16.2. The number of rotatable bonds is 6. The van der Waals surface area contributed by atoms with Gasteiger partial charge in [0, 0.05) is 0 Å². The molecule has 1 aromatic heterocycles. The van der Waals surface area contributed by atoms with Crippen molar-refractivity contribution in [2.75, 3.05) is 6.61 Å². The van der Waals surface area contributed by atoms with E-state index >= 15 is 0 Å². The van der Waals surface area contributed by atoms with Gasteiger partial charge >= 0.3 is 11.2 Å². The van der Waals surface area contributed by atoms with Crippen molar-refractivity contribution in [1.29, 1.82) is 0 Å². The highest BCUT2D eigenvalue weighted by atomic mass is 16.6. The Balaban J connectivity index is 2.17. The van der Waals surface area contributed by atoms with Crippen molar-refractivity contribution in [3.8, 4) is 11.6 Å². The predicted octanol–water partition coefficient (Wildman–Crippen LogP) is 2.34. The van der Waals surface area contributed by atoms with Crippen LogP contribution < -0.4 is 10.3 Å². The van der Waals surface area contributed by atoms with Gasteiger partial charge in [0.25, 0.3) is 5.88 Å². The molecule has 0 aliphatic carbocycles. The summed E-state index contributed by atoms with van der Waals surface area (Å²) in [5, 5.41) is 20.0. The second kappa shape index (κ2) is 7.21. The highest BCUT2D eigenvalue weighted by Crippen LogP contribution is 2.18. The van der Waals surface area contributed by atoms with Crippen molar-refractivity contribution in [1.82, 2.24) is 9.97 Å². The molecule has 0 amide bonds. The molecule has 2 aromatic rings. The fraction of sp³-hybridized carbons (Fsp3) is 0.200. The average molecular weight is 317 g/mol. The summed E-state index contributed by atoms with van der Waals surface area (Å²) in [5.74, 6) is -0.144. The minimum Gasteiger partial charge on any atom is -0.494 e. The van der Waals surface area contributed by atoms with Crippen molar-refractivity contribution < 1.29 is 14.8 Å². The van der Waals surface area contributed by atoms with Crippen molar-refractivity contribution in [2.45, 2.75) is 13.3 Å². The van der Waals surface area contributed by atoms with E-state index in [1.54, 1.807) is 18.2 Å². The molecule has 2 rings (SSSR count). The van der Waals surface area contributed by atoms with E-state index in [2.05, 4.69) is 9.97 Å². The maximum atomic E-state index is 11.5. The molecule has 2 N–H and O–H groups in total. The average Bonchev–Trinajstić information content (AvgIpc) is 2.51. The number of hydrogen-bond acceptors (Lipinski definition) is 6. The van der Waals surface area contributed by atoms with E-state index in [1.807, 2.05) is 19.1 Å². The molecular formula is C15H15N3O5. The first-order valence-electron chi connectivity index (χ1n) is 6.90. The predicted molar refractivity (Wildman–Crippen MR) is 84.3 cm³/mol. The second-order valence-corrected chi connectivity index (χ2v) is 4.63. The first-order chi connectivity index (χ1) is 11.0. The molecule has 23 heavy (non-hydrogen) atoms. The number of nitrogens with one attached hydrogen (secondary N) is 1. The quantitative estimate of drug-likeness (QED) is 0.623. The van der Waals surface area contributed by atoms with Gasteiger partial charge in [-0.05, 0) is 30.2 Å². The van der Waals surface area contributed by atoms with Gasteiger partial charge in [-0.25, -0.2) is 0 Å². The normalized spacial score (nSPS) is 10.8. The van der Waals surface area contributed by atoms with Crippen LogP contribution >= 0.6 is 0 Å². The van der Waals surface area contributed by atoms with Crippen molar-refractivity contribution >= 4 is 17.8 Å². The number of hydrogen-bond donors (Lipinski definition) is 2. The van der Waals surface area contributed by atoms with Gasteiger partial charge in [-0.15, -0.1) is 0 Å². The number of nitro groups is 1. The standard InChI is InChI=1S/C15H15N3O5/c1-2-9-23-11-6-3-10(4-7-11)5-8-12-16-14(19)13(18(21)22)15(20)17-12/h3-8H,2,9H2,1H3,(H2,16,17,19,20). The maximum Gasteiger partial charge on any atom is 0.395 e. The SMILES string of the molecule is CCCOc1ccc(C=Cc2nc(O)c([N+](=O)[O-])c(=O)[nH]2)cc1. The van der Waals surface area contributed by atoms with Crippen molar-refractivity contribution in [3.63, 3.8) is 0 Å². The number of ether oxygens (including phenoxy) is 1. The van der Waals surface area contributed by atoms with E-state index in [9.17, 15) is 20.0 Å². The first-order valence-corrected chi connectivity index (χ1v) is 6.90. The Labute approximate surface area is 131 Å². The topological polar surface area (TPSA) is 118 Å². The highest BCUT2D eigenvalue weighted by Gasteiger charge is 2.21. The van der Waals surface area contributed by atoms with E-state index in [1.165, 1.54) is 6.08 Å². The number of H-pyrrole nitrogens is 1. The van der Waals surface area contributed by atoms with Crippen molar-refractivity contribution in [2.24, 2.45) is 0 Å². The Morgan fingerprint density at radius 1 is 1.35 bits per heavy atom. The zero-order valence-electron chi connectivity index (χ0n) is 12.4. The number of aromatic hydroxyl groups is 1. The third-order valence-electron chi connectivity index (χ3n) is 2.86. The summed E-state index contributed by atoms with van der Waals surface area (Å²) in [4.78, 5) is 26.9. The second-order valence-electron chi connectivity index (χ2n) is 4.63. The number of aromatic nitrogens is 2. The molecule has 1 aromatic carbocycles. The van der Waals surface area contributed by atoms with Crippen LogP contribution in [0.2, 0.25) is 0 Å². The Morgan fingerprint density at radius 3 is 2.61 bits per heavy atom. The molecule has 0 fully saturated rings. The van der Waals surface area contributed by atoms with E-state index in [4.69, 9.17) is 4.74 Å². The van der Waals surface area contributed by atoms with Crippen LogP contribution in [0.5, 0.6) is 11.6 Å².